The molecular weight excluding hydrogens is 296 g/mol. The largest absolute Gasteiger partial charge is 0.392 e. The van der Waals surface area contributed by atoms with Gasteiger partial charge in [-0.2, -0.15) is 0 Å². The summed E-state index contributed by atoms with van der Waals surface area (Å²) in [5.74, 6) is 5.70. The average Bonchev–Trinajstić information content (AvgIpc) is 2.53. The van der Waals surface area contributed by atoms with Crippen LogP contribution in [0.25, 0.3) is 0 Å². The Morgan fingerprint density at radius 2 is 1.88 bits per heavy atom. The summed E-state index contributed by atoms with van der Waals surface area (Å²) in [7, 11) is 0. The molecule has 0 radical (unpaired) electrons. The normalized spacial score (nSPS) is 19.0. The molecule has 0 aromatic rings. The average molecular weight is 333 g/mol. The zero-order valence-electron chi connectivity index (χ0n) is 16.7. The molecule has 1 unspecified atom stereocenters. The quantitative estimate of drug-likeness (QED) is 0.550. The summed E-state index contributed by atoms with van der Waals surface area (Å²) in [6, 6.07) is 0. The van der Waals surface area contributed by atoms with Crippen molar-refractivity contribution in [2.24, 2.45) is 5.41 Å². The molecule has 0 aromatic carbocycles. The molecule has 2 N–H and O–H groups in total. The first-order chi connectivity index (χ1) is 11.3. The van der Waals surface area contributed by atoms with Gasteiger partial charge in [0.15, 0.2) is 0 Å². The predicted molar refractivity (Wildman–Crippen MR) is 105 cm³/mol. The summed E-state index contributed by atoms with van der Waals surface area (Å²) in [5.41, 5.74) is 4.94. The molecule has 1 aliphatic rings. The van der Waals surface area contributed by atoms with Crippen molar-refractivity contribution in [1.29, 1.82) is 0 Å². The van der Waals surface area contributed by atoms with Crippen LogP contribution in [0, 0.1) is 17.3 Å². The summed E-state index contributed by atoms with van der Waals surface area (Å²) in [4.78, 5) is 0. The Hall–Kier alpha value is -1.30. The molecule has 0 heterocycles. The maximum absolute atomic E-state index is 10.1. The fraction of sp³-hybridized carbons (Fsp3) is 0.636. The maximum Gasteiger partial charge on any atom is 0.136 e. The lowest BCUT2D eigenvalue weighted by molar-refractivity contribution is 0.267. The molecule has 1 aliphatic carbocycles. The first-order valence-electron chi connectivity index (χ1n) is 9.11. The molecule has 1 atom stereocenters. The lowest BCUT2D eigenvalue weighted by Crippen LogP contribution is -2.20. The van der Waals surface area contributed by atoms with Gasteiger partial charge < -0.3 is 10.2 Å². The highest BCUT2D eigenvalue weighted by atomic mass is 16.3. The molecule has 1 rings (SSSR count). The van der Waals surface area contributed by atoms with E-state index in [0.717, 1.165) is 17.6 Å². The Balaban J connectivity index is 0.00000254. The third-order valence-corrected chi connectivity index (χ3v) is 4.55. The van der Waals surface area contributed by atoms with Crippen LogP contribution in [0.1, 0.15) is 74.1 Å². The topological polar surface area (TPSA) is 40.5 Å². The van der Waals surface area contributed by atoms with Crippen molar-refractivity contribution >= 4 is 0 Å². The van der Waals surface area contributed by atoms with E-state index in [2.05, 4.69) is 38.7 Å². The van der Waals surface area contributed by atoms with Gasteiger partial charge in [0.05, 0.1) is 6.61 Å². The van der Waals surface area contributed by atoms with Crippen molar-refractivity contribution in [3.05, 3.63) is 34.4 Å². The van der Waals surface area contributed by atoms with Gasteiger partial charge in [0, 0.05) is 0 Å². The summed E-state index contributed by atoms with van der Waals surface area (Å²) in [6.07, 6.45) is 7.60. The minimum Gasteiger partial charge on any atom is -0.392 e. The van der Waals surface area contributed by atoms with Gasteiger partial charge >= 0.3 is 0 Å². The van der Waals surface area contributed by atoms with Crippen LogP contribution in [0.4, 0.5) is 0 Å². The van der Waals surface area contributed by atoms with Crippen LogP contribution in [0.15, 0.2) is 34.4 Å². The molecule has 0 spiro atoms. The van der Waals surface area contributed by atoms with E-state index in [4.69, 9.17) is 5.11 Å². The van der Waals surface area contributed by atoms with E-state index in [1.165, 1.54) is 30.4 Å². The Morgan fingerprint density at radius 3 is 2.42 bits per heavy atom. The van der Waals surface area contributed by atoms with Crippen LogP contribution in [0.5, 0.6) is 0 Å². The first kappa shape index (κ1) is 22.7. The monoisotopic (exact) mass is 332 g/mol. The second-order valence-electron chi connectivity index (χ2n) is 6.89. The van der Waals surface area contributed by atoms with Crippen LogP contribution < -0.4 is 0 Å². The number of allylic oxidation sites excluding steroid dienone is 4. The number of hydrogen-bond donors (Lipinski definition) is 2. The van der Waals surface area contributed by atoms with Crippen molar-refractivity contribution in [2.45, 2.75) is 80.3 Å². The Morgan fingerprint density at radius 1 is 1.25 bits per heavy atom. The zero-order chi connectivity index (χ0) is 18.8. The maximum atomic E-state index is 10.1. The summed E-state index contributed by atoms with van der Waals surface area (Å²) in [5, 5.41) is 18.9. The Kier molecular flexibility index (Phi) is 10.7. The molecule has 0 amide bonds. The smallest absolute Gasteiger partial charge is 0.136 e. The van der Waals surface area contributed by atoms with Crippen molar-refractivity contribution in [1.82, 2.24) is 0 Å². The van der Waals surface area contributed by atoms with E-state index >= 15 is 0 Å². The van der Waals surface area contributed by atoms with Gasteiger partial charge in [-0.3, -0.25) is 0 Å². The standard InChI is InChI=1S/C20H30O2.C2H6/c1-15(12-14-21)8-11-19(22)17(3)9-10-18-16(2)7-6-13-20(18,4)5;1-2/h9,12,19,21-22H,6-7,10,13-14H2,1-5H3;1-2H3/b15-12-,17-9+;. The molecule has 0 bridgehead atoms. The fourth-order valence-electron chi connectivity index (χ4n) is 2.98. The summed E-state index contributed by atoms with van der Waals surface area (Å²) >= 11 is 0. The van der Waals surface area contributed by atoms with Gasteiger partial charge in [-0.05, 0) is 69.1 Å². The van der Waals surface area contributed by atoms with Crippen molar-refractivity contribution < 1.29 is 10.2 Å². The molecule has 24 heavy (non-hydrogen) atoms. The van der Waals surface area contributed by atoms with Crippen molar-refractivity contribution in [3.8, 4) is 11.8 Å². The van der Waals surface area contributed by atoms with Gasteiger partial charge in [-0.25, -0.2) is 0 Å². The van der Waals surface area contributed by atoms with Crippen LogP contribution in [-0.2, 0) is 0 Å². The summed E-state index contributed by atoms with van der Waals surface area (Å²) < 4.78 is 0. The third kappa shape index (κ3) is 7.51. The van der Waals surface area contributed by atoms with Crippen molar-refractivity contribution in [2.75, 3.05) is 6.61 Å². The minimum atomic E-state index is -0.741. The van der Waals surface area contributed by atoms with Gasteiger partial charge in [0.2, 0.25) is 0 Å². The molecule has 0 saturated carbocycles. The zero-order valence-corrected chi connectivity index (χ0v) is 16.7. The molecule has 2 heteroatoms. The minimum absolute atomic E-state index is 0.0199. The molecular formula is C22H36O2. The molecule has 136 valence electrons. The van der Waals surface area contributed by atoms with Crippen molar-refractivity contribution in [3.63, 3.8) is 0 Å². The first-order valence-corrected chi connectivity index (χ1v) is 9.11. The third-order valence-electron chi connectivity index (χ3n) is 4.55. The highest BCUT2D eigenvalue weighted by Gasteiger charge is 2.27. The van der Waals surface area contributed by atoms with Crippen LogP contribution >= 0.6 is 0 Å². The Labute approximate surface area is 149 Å². The second-order valence-corrected chi connectivity index (χ2v) is 6.89. The number of hydrogen-bond acceptors (Lipinski definition) is 2. The number of rotatable bonds is 4. The van der Waals surface area contributed by atoms with Gasteiger partial charge in [-0.1, -0.05) is 56.8 Å². The highest BCUT2D eigenvalue weighted by Crippen LogP contribution is 2.42. The van der Waals surface area contributed by atoms with Crippen LogP contribution in [0.2, 0.25) is 0 Å². The number of aliphatic hydroxyl groups is 2. The van der Waals surface area contributed by atoms with Crippen LogP contribution in [0.3, 0.4) is 0 Å². The van der Waals surface area contributed by atoms with Gasteiger partial charge in [0.25, 0.3) is 0 Å². The number of aliphatic hydroxyl groups excluding tert-OH is 2. The van der Waals surface area contributed by atoms with E-state index < -0.39 is 6.10 Å². The molecule has 2 nitrogen and oxygen atoms in total. The molecule has 0 fully saturated rings. The van der Waals surface area contributed by atoms with E-state index in [-0.39, 0.29) is 12.0 Å². The van der Waals surface area contributed by atoms with E-state index in [1.807, 2.05) is 27.7 Å². The van der Waals surface area contributed by atoms with Gasteiger partial charge in [0.1, 0.15) is 6.10 Å². The lowest BCUT2D eigenvalue weighted by atomic mass is 9.71. The second kappa shape index (κ2) is 11.3. The van der Waals surface area contributed by atoms with E-state index in [9.17, 15) is 5.11 Å². The predicted octanol–water partition coefficient (Wildman–Crippen LogP) is 5.18. The molecule has 0 aromatic heterocycles. The van der Waals surface area contributed by atoms with Crippen LogP contribution in [-0.4, -0.2) is 22.9 Å². The Bertz CT molecular complexity index is 536. The van der Waals surface area contributed by atoms with Gasteiger partial charge in [-0.15, -0.1) is 0 Å². The highest BCUT2D eigenvalue weighted by molar-refractivity contribution is 5.32. The fourth-order valence-corrected chi connectivity index (χ4v) is 2.98. The van der Waals surface area contributed by atoms with E-state index in [0.29, 0.717) is 0 Å². The molecule has 0 aliphatic heterocycles. The lowest BCUT2D eigenvalue weighted by Gasteiger charge is -2.34. The van der Waals surface area contributed by atoms with E-state index in [1.54, 1.807) is 6.08 Å². The SMILES string of the molecule is CC.CC1=C(C/C=C(\C)C(O)C#C/C(C)=C\CO)C(C)(C)CCC1. The summed E-state index contributed by atoms with van der Waals surface area (Å²) in [6.45, 7) is 14.6. The molecule has 0 saturated heterocycles.